The molecule has 5 nitrogen and oxygen atoms in total. The van der Waals surface area contributed by atoms with Gasteiger partial charge in [-0.15, -0.1) is 0 Å². The third kappa shape index (κ3) is 3.73. The summed E-state index contributed by atoms with van der Waals surface area (Å²) < 4.78 is 13.2. The van der Waals surface area contributed by atoms with Crippen molar-refractivity contribution in [2.75, 3.05) is 20.8 Å². The molecule has 0 aliphatic heterocycles. The first-order valence-corrected chi connectivity index (χ1v) is 7.46. The Balaban J connectivity index is 3.17. The Hall–Kier alpha value is -1.07. The van der Waals surface area contributed by atoms with E-state index < -0.39 is 0 Å². The van der Waals surface area contributed by atoms with Crippen molar-refractivity contribution >= 4 is 0 Å². The van der Waals surface area contributed by atoms with Gasteiger partial charge in [0.05, 0.1) is 31.1 Å². The fourth-order valence-electron chi connectivity index (χ4n) is 2.56. The molecular weight excluding hydrogens is 254 g/mol. The number of aromatic nitrogens is 2. The molecule has 1 aromatic rings. The maximum atomic E-state index is 5.73. The van der Waals surface area contributed by atoms with Gasteiger partial charge in [-0.25, -0.2) is 0 Å². The van der Waals surface area contributed by atoms with Crippen LogP contribution in [0.5, 0.6) is 5.75 Å². The van der Waals surface area contributed by atoms with Crippen LogP contribution in [0.25, 0.3) is 0 Å². The number of aryl methyl sites for hydroxylation is 1. The van der Waals surface area contributed by atoms with Crippen molar-refractivity contribution in [3.05, 3.63) is 11.9 Å². The lowest BCUT2D eigenvalue weighted by Crippen LogP contribution is -2.38. The van der Waals surface area contributed by atoms with Crippen LogP contribution in [0, 0.1) is 5.92 Å². The summed E-state index contributed by atoms with van der Waals surface area (Å²) >= 11 is 0. The number of hydrogen-bond acceptors (Lipinski definition) is 4. The Morgan fingerprint density at radius 2 is 2.00 bits per heavy atom. The van der Waals surface area contributed by atoms with E-state index in [1.165, 1.54) is 0 Å². The molecule has 2 atom stereocenters. The van der Waals surface area contributed by atoms with Crippen LogP contribution in [0.1, 0.15) is 45.9 Å². The average Bonchev–Trinajstić information content (AvgIpc) is 2.85. The van der Waals surface area contributed by atoms with Crippen LogP contribution in [0.2, 0.25) is 0 Å². The van der Waals surface area contributed by atoms with Gasteiger partial charge in [-0.2, -0.15) is 5.10 Å². The van der Waals surface area contributed by atoms with E-state index in [0.717, 1.165) is 31.0 Å². The van der Waals surface area contributed by atoms with Crippen LogP contribution in [-0.2, 0) is 11.3 Å². The lowest BCUT2D eigenvalue weighted by molar-refractivity contribution is 0.0294. The van der Waals surface area contributed by atoms with Crippen LogP contribution in [0.15, 0.2) is 6.20 Å². The van der Waals surface area contributed by atoms with Crippen molar-refractivity contribution in [2.45, 2.75) is 52.8 Å². The number of nitrogens with zero attached hydrogens (tertiary/aromatic N) is 2. The summed E-state index contributed by atoms with van der Waals surface area (Å²) in [7, 11) is 3.46. The maximum Gasteiger partial charge on any atom is 0.161 e. The molecule has 116 valence electrons. The molecule has 0 aliphatic rings. The first-order chi connectivity index (χ1) is 9.60. The van der Waals surface area contributed by atoms with E-state index in [0.29, 0.717) is 5.92 Å². The van der Waals surface area contributed by atoms with Crippen molar-refractivity contribution in [1.29, 1.82) is 0 Å². The second kappa shape index (κ2) is 8.27. The minimum atomic E-state index is 0.0809. The predicted octanol–water partition coefficient (Wildman–Crippen LogP) is 2.62. The Morgan fingerprint density at radius 1 is 1.30 bits per heavy atom. The number of nitrogens with one attached hydrogen (secondary N) is 1. The van der Waals surface area contributed by atoms with Crippen LogP contribution < -0.4 is 10.1 Å². The van der Waals surface area contributed by atoms with Gasteiger partial charge in [0.1, 0.15) is 0 Å². The number of ether oxygens (including phenoxy) is 2. The predicted molar refractivity (Wildman–Crippen MR) is 81.1 cm³/mol. The third-order valence-electron chi connectivity index (χ3n) is 3.53. The minimum absolute atomic E-state index is 0.0809. The van der Waals surface area contributed by atoms with E-state index in [9.17, 15) is 0 Å². The quantitative estimate of drug-likeness (QED) is 0.757. The van der Waals surface area contributed by atoms with Crippen LogP contribution in [0.3, 0.4) is 0 Å². The smallest absolute Gasteiger partial charge is 0.161 e. The average molecular weight is 283 g/mol. The number of methoxy groups -OCH3 is 2. The van der Waals surface area contributed by atoms with Gasteiger partial charge in [0.25, 0.3) is 0 Å². The van der Waals surface area contributed by atoms with Gasteiger partial charge in [0.15, 0.2) is 5.75 Å². The Bertz CT molecular complexity index is 369. The molecule has 0 aromatic carbocycles. The van der Waals surface area contributed by atoms with Gasteiger partial charge in [0, 0.05) is 13.7 Å². The minimum Gasteiger partial charge on any atom is -0.493 e. The van der Waals surface area contributed by atoms with Gasteiger partial charge >= 0.3 is 0 Å². The highest BCUT2D eigenvalue weighted by molar-refractivity contribution is 5.29. The molecule has 5 heteroatoms. The molecule has 0 radical (unpaired) electrons. The van der Waals surface area contributed by atoms with Crippen LogP contribution in [0.4, 0.5) is 0 Å². The molecule has 1 aromatic heterocycles. The lowest BCUT2D eigenvalue weighted by Gasteiger charge is -2.30. The van der Waals surface area contributed by atoms with Crippen molar-refractivity contribution < 1.29 is 9.47 Å². The Kier molecular flexibility index (Phi) is 7.02. The molecular formula is C15H29N3O2. The molecule has 2 unspecified atom stereocenters. The Morgan fingerprint density at radius 3 is 2.45 bits per heavy atom. The molecule has 0 spiro atoms. The molecule has 0 aliphatic carbocycles. The highest BCUT2D eigenvalue weighted by Gasteiger charge is 2.31. The molecule has 20 heavy (non-hydrogen) atoms. The number of rotatable bonds is 9. The van der Waals surface area contributed by atoms with E-state index in [2.05, 4.69) is 38.1 Å². The van der Waals surface area contributed by atoms with E-state index in [1.54, 1.807) is 20.4 Å². The fourth-order valence-corrected chi connectivity index (χ4v) is 2.56. The highest BCUT2D eigenvalue weighted by atomic mass is 16.5. The monoisotopic (exact) mass is 283 g/mol. The van der Waals surface area contributed by atoms with E-state index in [-0.39, 0.29) is 12.1 Å². The van der Waals surface area contributed by atoms with E-state index in [1.807, 2.05) is 4.68 Å². The standard InChI is InChI=1S/C15H29N3O2/c1-7-9-16-13(15(20-6)11(3)4)14-12(19-5)10-17-18(14)8-2/h10-11,13,15-16H,7-9H2,1-6H3. The van der Waals surface area contributed by atoms with E-state index >= 15 is 0 Å². The second-order valence-corrected chi connectivity index (χ2v) is 5.29. The Labute approximate surface area is 122 Å². The summed E-state index contributed by atoms with van der Waals surface area (Å²) in [6.45, 7) is 10.4. The molecule has 0 amide bonds. The zero-order valence-electron chi connectivity index (χ0n) is 13.6. The molecule has 0 bridgehead atoms. The summed E-state index contributed by atoms with van der Waals surface area (Å²) in [6, 6.07) is 0.0809. The zero-order valence-corrected chi connectivity index (χ0v) is 13.6. The first kappa shape index (κ1) is 17.0. The van der Waals surface area contributed by atoms with Crippen molar-refractivity contribution in [3.63, 3.8) is 0 Å². The third-order valence-corrected chi connectivity index (χ3v) is 3.53. The molecule has 1 rings (SSSR count). The topological polar surface area (TPSA) is 48.3 Å². The largest absolute Gasteiger partial charge is 0.493 e. The van der Waals surface area contributed by atoms with Crippen molar-refractivity contribution in [2.24, 2.45) is 5.92 Å². The molecule has 0 saturated heterocycles. The number of hydrogen-bond donors (Lipinski definition) is 1. The summed E-state index contributed by atoms with van der Waals surface area (Å²) in [6.07, 6.45) is 2.94. The first-order valence-electron chi connectivity index (χ1n) is 7.46. The maximum absolute atomic E-state index is 5.73. The van der Waals surface area contributed by atoms with Gasteiger partial charge in [-0.1, -0.05) is 20.8 Å². The summed E-state index contributed by atoms with van der Waals surface area (Å²) in [5, 5.41) is 7.99. The SMILES string of the molecule is CCCNC(c1c(OC)cnn1CC)C(OC)C(C)C. The molecule has 0 saturated carbocycles. The van der Waals surface area contributed by atoms with Gasteiger partial charge in [0.2, 0.25) is 0 Å². The highest BCUT2D eigenvalue weighted by Crippen LogP contribution is 2.31. The summed E-state index contributed by atoms with van der Waals surface area (Å²) in [5.41, 5.74) is 1.07. The van der Waals surface area contributed by atoms with Gasteiger partial charge < -0.3 is 14.8 Å². The summed E-state index contributed by atoms with van der Waals surface area (Å²) in [4.78, 5) is 0. The van der Waals surface area contributed by atoms with E-state index in [4.69, 9.17) is 9.47 Å². The van der Waals surface area contributed by atoms with Crippen molar-refractivity contribution in [1.82, 2.24) is 15.1 Å². The molecule has 1 heterocycles. The molecule has 0 fully saturated rings. The summed E-state index contributed by atoms with van der Waals surface area (Å²) in [5.74, 6) is 1.22. The second-order valence-electron chi connectivity index (χ2n) is 5.29. The van der Waals surface area contributed by atoms with Crippen LogP contribution >= 0.6 is 0 Å². The lowest BCUT2D eigenvalue weighted by atomic mass is 9.96. The van der Waals surface area contributed by atoms with Gasteiger partial charge in [-0.05, 0) is 25.8 Å². The zero-order chi connectivity index (χ0) is 15.1. The normalized spacial score (nSPS) is 14.6. The molecule has 1 N–H and O–H groups in total. The van der Waals surface area contributed by atoms with Crippen LogP contribution in [-0.4, -0.2) is 36.6 Å². The van der Waals surface area contributed by atoms with Crippen molar-refractivity contribution in [3.8, 4) is 5.75 Å². The fraction of sp³-hybridized carbons (Fsp3) is 0.800. The van der Waals surface area contributed by atoms with Gasteiger partial charge in [-0.3, -0.25) is 4.68 Å².